The molecule has 2 rings (SSSR count). The number of phosphoric ester groups is 1. The molecular weight excluding hydrogens is 405 g/mol. The molecule has 0 saturated heterocycles. The first-order valence-electron chi connectivity index (χ1n) is 9.07. The van der Waals surface area contributed by atoms with E-state index in [1.54, 1.807) is 0 Å². The smallest absolute Gasteiger partial charge is 0.780 e. The normalized spacial score (nSPS) is 12.1. The van der Waals surface area contributed by atoms with Gasteiger partial charge in [0.05, 0.1) is 0 Å². The zero-order chi connectivity index (χ0) is 20.8. The van der Waals surface area contributed by atoms with Gasteiger partial charge < -0.3 is 18.9 Å². The van der Waals surface area contributed by atoms with Crippen LogP contribution in [0.15, 0.2) is 30.3 Å². The molecule has 0 amide bonds. The standard InChI is InChI=1S/C22H31O4P.2Na/c1-14-9-16(13-17(10-14)21(3,4)5)18-11-15(2)12-19(22(6,7)8)20(18)26-27(23,24)25;;/h9-13H,1-8H3,(H2,23,24,25);;/q;2*+1/p-2. The van der Waals surface area contributed by atoms with Crippen molar-refractivity contribution in [2.24, 2.45) is 0 Å². The zero-order valence-electron chi connectivity index (χ0n) is 19.5. The van der Waals surface area contributed by atoms with Gasteiger partial charge in [-0.05, 0) is 47.4 Å². The first-order valence-corrected chi connectivity index (χ1v) is 10.5. The number of rotatable bonds is 3. The quantitative estimate of drug-likeness (QED) is 0.449. The van der Waals surface area contributed by atoms with Crippen molar-refractivity contribution in [3.63, 3.8) is 0 Å². The molecule has 0 radical (unpaired) electrons. The van der Waals surface area contributed by atoms with Crippen LogP contribution < -0.4 is 73.4 Å². The van der Waals surface area contributed by atoms with Gasteiger partial charge in [0.1, 0.15) is 13.6 Å². The Balaban J connectivity index is 0.00000392. The van der Waals surface area contributed by atoms with Gasteiger partial charge in [0, 0.05) is 11.1 Å². The third-order valence-electron chi connectivity index (χ3n) is 4.50. The SMILES string of the molecule is Cc1cc(-c2cc(C)cc(C(C)(C)C)c2OP(=O)([O-])[O-])cc(C(C)(C)C)c1.[Na+].[Na+]. The molecule has 29 heavy (non-hydrogen) atoms. The van der Waals surface area contributed by atoms with Crippen molar-refractivity contribution in [3.8, 4) is 16.9 Å². The van der Waals surface area contributed by atoms with Crippen LogP contribution in [-0.4, -0.2) is 0 Å². The summed E-state index contributed by atoms with van der Waals surface area (Å²) in [5.74, 6) is 0.131. The van der Waals surface area contributed by atoms with Crippen molar-refractivity contribution in [1.29, 1.82) is 0 Å². The summed E-state index contributed by atoms with van der Waals surface area (Å²) in [6, 6.07) is 9.92. The van der Waals surface area contributed by atoms with E-state index in [0.29, 0.717) is 11.1 Å². The first-order chi connectivity index (χ1) is 12.1. The second-order valence-corrected chi connectivity index (χ2v) is 10.4. The summed E-state index contributed by atoms with van der Waals surface area (Å²) in [5.41, 5.74) is 4.89. The third kappa shape index (κ3) is 8.11. The van der Waals surface area contributed by atoms with E-state index in [0.717, 1.165) is 22.3 Å². The molecule has 0 unspecified atom stereocenters. The first kappa shape index (κ1) is 29.4. The van der Waals surface area contributed by atoms with Gasteiger partial charge in [-0.25, -0.2) is 0 Å². The van der Waals surface area contributed by atoms with E-state index >= 15 is 0 Å². The molecule has 4 nitrogen and oxygen atoms in total. The largest absolute Gasteiger partial charge is 1.00 e. The average Bonchev–Trinajstić information content (AvgIpc) is 2.44. The Morgan fingerprint density at radius 2 is 1.31 bits per heavy atom. The Hall–Kier alpha value is 0.390. The van der Waals surface area contributed by atoms with E-state index in [1.165, 1.54) is 0 Å². The zero-order valence-corrected chi connectivity index (χ0v) is 24.4. The van der Waals surface area contributed by atoms with Gasteiger partial charge in [-0.15, -0.1) is 0 Å². The Labute approximate surface area is 219 Å². The number of phosphoric acid groups is 1. The fourth-order valence-electron chi connectivity index (χ4n) is 3.13. The average molecular weight is 434 g/mol. The predicted octanol–water partition coefficient (Wildman–Crippen LogP) is -1.22. The molecule has 2 aromatic rings. The summed E-state index contributed by atoms with van der Waals surface area (Å²) in [6.07, 6.45) is 0. The molecule has 0 fully saturated rings. The summed E-state index contributed by atoms with van der Waals surface area (Å²) < 4.78 is 16.5. The summed E-state index contributed by atoms with van der Waals surface area (Å²) in [5, 5.41) is 0. The summed E-state index contributed by atoms with van der Waals surface area (Å²) in [7, 11) is -5.20. The third-order valence-corrected chi connectivity index (χ3v) is 4.90. The van der Waals surface area contributed by atoms with Crippen LogP contribution >= 0.6 is 7.82 Å². The fraction of sp³-hybridized carbons (Fsp3) is 0.455. The van der Waals surface area contributed by atoms with Crippen molar-refractivity contribution < 1.29 is 78.0 Å². The Morgan fingerprint density at radius 3 is 1.76 bits per heavy atom. The molecule has 0 spiro atoms. The molecule has 0 atom stereocenters. The molecule has 2 aromatic carbocycles. The maximum Gasteiger partial charge on any atom is 1.00 e. The molecule has 0 saturated carbocycles. The van der Waals surface area contributed by atoms with Gasteiger partial charge in [-0.3, -0.25) is 0 Å². The van der Waals surface area contributed by atoms with E-state index < -0.39 is 7.82 Å². The summed E-state index contributed by atoms with van der Waals surface area (Å²) in [6.45, 7) is 16.2. The molecular formula is C22H29Na2O4P. The van der Waals surface area contributed by atoms with Crippen LogP contribution in [0.5, 0.6) is 5.75 Å². The van der Waals surface area contributed by atoms with Gasteiger partial charge in [0.15, 0.2) is 0 Å². The fourth-order valence-corrected chi connectivity index (χ4v) is 3.55. The van der Waals surface area contributed by atoms with Crippen molar-refractivity contribution in [2.45, 2.75) is 66.2 Å². The van der Waals surface area contributed by atoms with Gasteiger partial charge in [-0.1, -0.05) is 71.4 Å². The van der Waals surface area contributed by atoms with Crippen molar-refractivity contribution in [2.75, 3.05) is 0 Å². The van der Waals surface area contributed by atoms with Crippen LogP contribution in [0.25, 0.3) is 11.1 Å². The van der Waals surface area contributed by atoms with E-state index in [-0.39, 0.29) is 75.7 Å². The number of aryl methyl sites for hydroxylation is 2. The van der Waals surface area contributed by atoms with Crippen molar-refractivity contribution in [1.82, 2.24) is 0 Å². The summed E-state index contributed by atoms with van der Waals surface area (Å²) in [4.78, 5) is 23.0. The number of hydrogen-bond donors (Lipinski definition) is 0. The minimum absolute atomic E-state index is 0. The molecule has 0 N–H and O–H groups in total. The molecule has 0 aliphatic carbocycles. The second-order valence-electron chi connectivity index (χ2n) is 9.32. The molecule has 7 heteroatoms. The molecule has 148 valence electrons. The van der Waals surface area contributed by atoms with Gasteiger partial charge in [0.2, 0.25) is 0 Å². The molecule has 0 aliphatic rings. The Morgan fingerprint density at radius 1 is 0.793 bits per heavy atom. The van der Waals surface area contributed by atoms with E-state index in [1.807, 2.05) is 58.9 Å². The predicted molar refractivity (Wildman–Crippen MR) is 107 cm³/mol. The van der Waals surface area contributed by atoms with E-state index in [9.17, 15) is 14.4 Å². The Kier molecular flexibility index (Phi) is 10.5. The van der Waals surface area contributed by atoms with Crippen LogP contribution in [0.1, 0.15) is 63.8 Å². The number of benzene rings is 2. The number of hydrogen-bond acceptors (Lipinski definition) is 4. The van der Waals surface area contributed by atoms with Crippen LogP contribution in [0.4, 0.5) is 0 Å². The second kappa shape index (κ2) is 10.3. The monoisotopic (exact) mass is 434 g/mol. The maximum absolute atomic E-state index is 11.5. The van der Waals surface area contributed by atoms with E-state index in [2.05, 4.69) is 26.8 Å². The van der Waals surface area contributed by atoms with Crippen LogP contribution in [0.3, 0.4) is 0 Å². The summed E-state index contributed by atoms with van der Waals surface area (Å²) >= 11 is 0. The van der Waals surface area contributed by atoms with Crippen LogP contribution in [0, 0.1) is 13.8 Å². The minimum Gasteiger partial charge on any atom is -0.780 e. The van der Waals surface area contributed by atoms with Gasteiger partial charge in [0.25, 0.3) is 0 Å². The van der Waals surface area contributed by atoms with Crippen molar-refractivity contribution in [3.05, 3.63) is 52.6 Å². The maximum atomic E-state index is 11.5. The van der Waals surface area contributed by atoms with Gasteiger partial charge >= 0.3 is 59.1 Å². The van der Waals surface area contributed by atoms with Crippen LogP contribution in [-0.2, 0) is 15.4 Å². The molecule has 0 aliphatic heterocycles. The Bertz CT molecular complexity index is 906. The minimum atomic E-state index is -5.20. The van der Waals surface area contributed by atoms with E-state index in [4.69, 9.17) is 4.52 Å². The van der Waals surface area contributed by atoms with Crippen molar-refractivity contribution >= 4 is 7.82 Å². The van der Waals surface area contributed by atoms with Gasteiger partial charge in [-0.2, -0.15) is 0 Å². The van der Waals surface area contributed by atoms with Crippen LogP contribution in [0.2, 0.25) is 0 Å². The molecule has 0 aromatic heterocycles. The molecule has 0 bridgehead atoms. The topological polar surface area (TPSA) is 72.4 Å². The molecule has 0 heterocycles.